The number of hydrogen-bond acceptors (Lipinski definition) is 3. The van der Waals surface area contributed by atoms with Crippen LogP contribution in [0.5, 0.6) is 0 Å². The highest BCUT2D eigenvalue weighted by Gasteiger charge is 2.19. The van der Waals surface area contributed by atoms with Gasteiger partial charge < -0.3 is 10.6 Å². The molecule has 4 nitrogen and oxygen atoms in total. The quantitative estimate of drug-likeness (QED) is 0.841. The standard InChI is InChI=1S/C14H19N3O/c1-9-6-10(8-15)7-11(12(9)16-5)13(18)17-14(2,3)4/h6-7,16H,1-5H3,(H,17,18). The zero-order valence-electron chi connectivity index (χ0n) is 11.5. The SMILES string of the molecule is CNc1c(C)cc(C#N)cc1C(=O)NC(C)(C)C. The van der Waals surface area contributed by atoms with E-state index in [4.69, 9.17) is 5.26 Å². The molecular formula is C14H19N3O. The fourth-order valence-corrected chi connectivity index (χ4v) is 1.77. The molecule has 0 aliphatic carbocycles. The van der Waals surface area contributed by atoms with E-state index in [1.165, 1.54) is 0 Å². The average Bonchev–Trinajstić information content (AvgIpc) is 2.25. The van der Waals surface area contributed by atoms with Crippen LogP contribution in [0.1, 0.15) is 42.3 Å². The third-order valence-electron chi connectivity index (χ3n) is 2.45. The van der Waals surface area contributed by atoms with Gasteiger partial charge in [-0.05, 0) is 45.4 Å². The van der Waals surface area contributed by atoms with Crippen molar-refractivity contribution in [2.45, 2.75) is 33.2 Å². The number of amides is 1. The molecule has 1 aromatic carbocycles. The molecule has 0 aliphatic heterocycles. The fraction of sp³-hybridized carbons (Fsp3) is 0.429. The van der Waals surface area contributed by atoms with E-state index in [2.05, 4.69) is 16.7 Å². The highest BCUT2D eigenvalue weighted by atomic mass is 16.1. The number of carbonyl (C=O) groups is 1. The molecule has 0 radical (unpaired) electrons. The van der Waals surface area contributed by atoms with E-state index in [1.807, 2.05) is 27.7 Å². The summed E-state index contributed by atoms with van der Waals surface area (Å²) < 4.78 is 0. The minimum absolute atomic E-state index is 0.174. The Balaban J connectivity index is 3.26. The van der Waals surface area contributed by atoms with Crippen molar-refractivity contribution in [3.8, 4) is 6.07 Å². The molecule has 0 aliphatic rings. The van der Waals surface area contributed by atoms with Crippen LogP contribution in [-0.4, -0.2) is 18.5 Å². The summed E-state index contributed by atoms with van der Waals surface area (Å²) in [5, 5.41) is 14.9. The van der Waals surface area contributed by atoms with Crippen LogP contribution >= 0.6 is 0 Å². The predicted molar refractivity (Wildman–Crippen MR) is 72.7 cm³/mol. The Morgan fingerprint density at radius 2 is 1.94 bits per heavy atom. The largest absolute Gasteiger partial charge is 0.387 e. The minimum Gasteiger partial charge on any atom is -0.387 e. The maximum absolute atomic E-state index is 12.2. The first-order chi connectivity index (χ1) is 8.28. The summed E-state index contributed by atoms with van der Waals surface area (Å²) in [4.78, 5) is 12.2. The van der Waals surface area contributed by atoms with Gasteiger partial charge in [-0.3, -0.25) is 4.79 Å². The van der Waals surface area contributed by atoms with Crippen molar-refractivity contribution in [2.75, 3.05) is 12.4 Å². The number of carbonyl (C=O) groups excluding carboxylic acids is 1. The molecule has 2 N–H and O–H groups in total. The van der Waals surface area contributed by atoms with Gasteiger partial charge >= 0.3 is 0 Å². The Labute approximate surface area is 108 Å². The summed E-state index contributed by atoms with van der Waals surface area (Å²) in [6.45, 7) is 7.64. The number of benzene rings is 1. The van der Waals surface area contributed by atoms with Crippen LogP contribution in [0.25, 0.3) is 0 Å². The second kappa shape index (κ2) is 5.09. The van der Waals surface area contributed by atoms with Gasteiger partial charge in [0, 0.05) is 18.3 Å². The molecule has 0 unspecified atom stereocenters. The fourth-order valence-electron chi connectivity index (χ4n) is 1.77. The molecule has 0 aromatic heterocycles. The van der Waals surface area contributed by atoms with E-state index in [0.29, 0.717) is 11.1 Å². The molecule has 18 heavy (non-hydrogen) atoms. The maximum atomic E-state index is 12.2. The van der Waals surface area contributed by atoms with Gasteiger partial charge in [-0.15, -0.1) is 0 Å². The van der Waals surface area contributed by atoms with E-state index in [1.54, 1.807) is 19.2 Å². The molecule has 0 atom stereocenters. The first-order valence-corrected chi connectivity index (χ1v) is 5.83. The summed E-state index contributed by atoms with van der Waals surface area (Å²) in [7, 11) is 1.77. The van der Waals surface area contributed by atoms with Gasteiger partial charge in [-0.2, -0.15) is 5.26 Å². The zero-order valence-corrected chi connectivity index (χ0v) is 11.5. The smallest absolute Gasteiger partial charge is 0.253 e. The monoisotopic (exact) mass is 245 g/mol. The second-order valence-electron chi connectivity index (χ2n) is 5.28. The lowest BCUT2D eigenvalue weighted by atomic mass is 10.0. The number of nitrogens with zero attached hydrogens (tertiary/aromatic N) is 1. The topological polar surface area (TPSA) is 64.9 Å². The van der Waals surface area contributed by atoms with Gasteiger partial charge in [-0.25, -0.2) is 0 Å². The van der Waals surface area contributed by atoms with Crippen LogP contribution in [0.15, 0.2) is 12.1 Å². The normalized spacial score (nSPS) is 10.7. The van der Waals surface area contributed by atoms with E-state index in [-0.39, 0.29) is 11.4 Å². The highest BCUT2D eigenvalue weighted by Crippen LogP contribution is 2.22. The van der Waals surface area contributed by atoms with Crippen LogP contribution in [-0.2, 0) is 0 Å². The summed E-state index contributed by atoms with van der Waals surface area (Å²) >= 11 is 0. The number of aryl methyl sites for hydroxylation is 1. The molecule has 1 aromatic rings. The summed E-state index contributed by atoms with van der Waals surface area (Å²) in [5.74, 6) is -0.174. The van der Waals surface area contributed by atoms with Gasteiger partial charge in [0.2, 0.25) is 0 Å². The Kier molecular flexibility index (Phi) is 3.97. The first-order valence-electron chi connectivity index (χ1n) is 5.83. The molecule has 0 saturated carbocycles. The number of anilines is 1. The third-order valence-corrected chi connectivity index (χ3v) is 2.45. The van der Waals surface area contributed by atoms with Gasteiger partial charge in [0.1, 0.15) is 0 Å². The molecule has 4 heteroatoms. The minimum atomic E-state index is -0.307. The second-order valence-corrected chi connectivity index (χ2v) is 5.28. The molecule has 0 heterocycles. The lowest BCUT2D eigenvalue weighted by Gasteiger charge is -2.22. The molecule has 0 fully saturated rings. The number of hydrogen-bond donors (Lipinski definition) is 2. The van der Waals surface area contributed by atoms with Crippen LogP contribution in [0.3, 0.4) is 0 Å². The van der Waals surface area contributed by atoms with Crippen molar-refractivity contribution in [2.24, 2.45) is 0 Å². The molecular weight excluding hydrogens is 226 g/mol. The molecule has 1 amide bonds. The van der Waals surface area contributed by atoms with Gasteiger partial charge in [-0.1, -0.05) is 0 Å². The maximum Gasteiger partial charge on any atom is 0.253 e. The van der Waals surface area contributed by atoms with Crippen molar-refractivity contribution < 1.29 is 4.79 Å². The van der Waals surface area contributed by atoms with E-state index in [0.717, 1.165) is 11.3 Å². The van der Waals surface area contributed by atoms with Crippen molar-refractivity contribution in [3.63, 3.8) is 0 Å². The molecule has 0 spiro atoms. The van der Waals surface area contributed by atoms with Crippen LogP contribution < -0.4 is 10.6 Å². The summed E-state index contributed by atoms with van der Waals surface area (Å²) in [5.41, 5.74) is 2.33. The van der Waals surface area contributed by atoms with Crippen molar-refractivity contribution in [1.29, 1.82) is 5.26 Å². The van der Waals surface area contributed by atoms with E-state index >= 15 is 0 Å². The third kappa shape index (κ3) is 3.24. The van der Waals surface area contributed by atoms with Gasteiger partial charge in [0.25, 0.3) is 5.91 Å². The molecule has 0 saturated heterocycles. The van der Waals surface area contributed by atoms with Crippen molar-refractivity contribution >= 4 is 11.6 Å². The van der Waals surface area contributed by atoms with E-state index in [9.17, 15) is 4.79 Å². The first kappa shape index (κ1) is 14.0. The predicted octanol–water partition coefficient (Wildman–Crippen LogP) is 2.44. The zero-order chi connectivity index (χ0) is 13.9. The van der Waals surface area contributed by atoms with Crippen LogP contribution in [0, 0.1) is 18.3 Å². The Morgan fingerprint density at radius 1 is 1.33 bits per heavy atom. The highest BCUT2D eigenvalue weighted by molar-refractivity contribution is 6.01. The average molecular weight is 245 g/mol. The lowest BCUT2D eigenvalue weighted by Crippen LogP contribution is -2.40. The Hall–Kier alpha value is -2.02. The van der Waals surface area contributed by atoms with E-state index < -0.39 is 0 Å². The molecule has 0 bridgehead atoms. The molecule has 96 valence electrons. The summed E-state index contributed by atoms with van der Waals surface area (Å²) in [6, 6.07) is 5.44. The van der Waals surface area contributed by atoms with Crippen LogP contribution in [0.2, 0.25) is 0 Å². The molecule has 1 rings (SSSR count). The Morgan fingerprint density at radius 3 is 2.39 bits per heavy atom. The van der Waals surface area contributed by atoms with Gasteiger partial charge in [0.05, 0.1) is 17.2 Å². The van der Waals surface area contributed by atoms with Crippen LogP contribution in [0.4, 0.5) is 5.69 Å². The Bertz CT molecular complexity index is 507. The van der Waals surface area contributed by atoms with Crippen molar-refractivity contribution in [1.82, 2.24) is 5.32 Å². The lowest BCUT2D eigenvalue weighted by molar-refractivity contribution is 0.0920. The number of nitriles is 1. The summed E-state index contributed by atoms with van der Waals surface area (Å²) in [6.07, 6.45) is 0. The number of nitrogens with one attached hydrogen (secondary N) is 2. The van der Waals surface area contributed by atoms with Gasteiger partial charge in [0.15, 0.2) is 0 Å². The van der Waals surface area contributed by atoms with Crippen molar-refractivity contribution in [3.05, 3.63) is 28.8 Å². The number of rotatable bonds is 2.